The smallest absolute Gasteiger partial charge is 0.253 e. The number of halogens is 1. The van der Waals surface area contributed by atoms with Gasteiger partial charge in [-0.25, -0.2) is 0 Å². The topological polar surface area (TPSA) is 70.7 Å². The van der Waals surface area contributed by atoms with Crippen LogP contribution in [0.4, 0.5) is 0 Å². The van der Waals surface area contributed by atoms with E-state index in [2.05, 4.69) is 10.6 Å². The van der Waals surface area contributed by atoms with Gasteiger partial charge in [-0.15, -0.1) is 11.6 Å². The summed E-state index contributed by atoms with van der Waals surface area (Å²) in [4.78, 5) is 26.5. The Morgan fingerprint density at radius 3 is 2.33 bits per heavy atom. The zero-order chi connectivity index (χ0) is 19.1. The lowest BCUT2D eigenvalue weighted by atomic mass is 9.77. The number of hydrogen-bond acceptors (Lipinski definition) is 5. The van der Waals surface area contributed by atoms with Crippen LogP contribution in [0.15, 0.2) is 24.3 Å². The first-order valence-corrected chi connectivity index (χ1v) is 10.0. The molecule has 6 unspecified atom stereocenters. The number of benzene rings is 1. The molecule has 0 aromatic heterocycles. The lowest BCUT2D eigenvalue weighted by molar-refractivity contribution is -0.180. The van der Waals surface area contributed by atoms with Gasteiger partial charge in [0.25, 0.3) is 5.91 Å². The van der Waals surface area contributed by atoms with E-state index < -0.39 is 0 Å². The number of fused-ring (bicyclic) bond motifs is 2. The Morgan fingerprint density at radius 2 is 1.67 bits per heavy atom. The molecule has 4 rings (SSSR count). The van der Waals surface area contributed by atoms with Crippen molar-refractivity contribution in [3.8, 4) is 0 Å². The maximum absolute atomic E-state index is 12.9. The molecule has 3 heterocycles. The fourth-order valence-electron chi connectivity index (χ4n) is 4.41. The predicted molar refractivity (Wildman–Crippen MR) is 102 cm³/mol. The number of alkyl halides is 1. The minimum absolute atomic E-state index is 0.00975. The molecule has 0 radical (unpaired) electrons. The molecule has 27 heavy (non-hydrogen) atoms. The second-order valence-electron chi connectivity index (χ2n) is 7.92. The molecule has 0 saturated carbocycles. The molecule has 0 spiro atoms. The van der Waals surface area contributed by atoms with E-state index in [4.69, 9.17) is 16.3 Å². The SMILES string of the molecule is CN(C)C(=O)c1ccc(C2CCC3C(=O)C4CCC(Cl)NC4OC3N2)cc1. The van der Waals surface area contributed by atoms with Gasteiger partial charge in [-0.1, -0.05) is 12.1 Å². The summed E-state index contributed by atoms with van der Waals surface area (Å²) < 4.78 is 6.19. The molecule has 3 aliphatic heterocycles. The standard InChI is InChI=1S/C20H26ClN3O3/c1-24(2)20(26)12-5-3-11(4-6-12)15-9-7-13-17(25)14-8-10-16(21)23-19(14)27-18(13)22-15/h3-6,13-16,18-19,22-23H,7-10H2,1-2H3. The van der Waals surface area contributed by atoms with E-state index in [1.54, 1.807) is 19.0 Å². The first-order chi connectivity index (χ1) is 12.9. The maximum Gasteiger partial charge on any atom is 0.253 e. The van der Waals surface area contributed by atoms with Crippen LogP contribution in [0.25, 0.3) is 0 Å². The average molecular weight is 392 g/mol. The number of ketones is 1. The fraction of sp³-hybridized carbons (Fsp3) is 0.600. The number of carbonyl (C=O) groups excluding carboxylic acids is 2. The lowest BCUT2D eigenvalue weighted by Gasteiger charge is -2.47. The first kappa shape index (κ1) is 18.9. The third kappa shape index (κ3) is 3.63. The van der Waals surface area contributed by atoms with Crippen LogP contribution in [0, 0.1) is 11.8 Å². The molecule has 146 valence electrons. The molecule has 6 atom stereocenters. The van der Waals surface area contributed by atoms with E-state index in [0.29, 0.717) is 11.3 Å². The van der Waals surface area contributed by atoms with Crippen LogP contribution in [-0.2, 0) is 9.53 Å². The van der Waals surface area contributed by atoms with Gasteiger partial charge in [0.05, 0.1) is 17.3 Å². The quantitative estimate of drug-likeness (QED) is 0.597. The zero-order valence-corrected chi connectivity index (χ0v) is 16.4. The third-order valence-corrected chi connectivity index (χ3v) is 6.27. The largest absolute Gasteiger partial charge is 0.345 e. The maximum atomic E-state index is 12.9. The van der Waals surface area contributed by atoms with Crippen LogP contribution < -0.4 is 10.6 Å². The van der Waals surface area contributed by atoms with Crippen LogP contribution >= 0.6 is 11.6 Å². The molecule has 3 aliphatic rings. The van der Waals surface area contributed by atoms with Crippen molar-refractivity contribution in [2.75, 3.05) is 14.1 Å². The van der Waals surface area contributed by atoms with Gasteiger partial charge >= 0.3 is 0 Å². The Balaban J connectivity index is 1.46. The average Bonchev–Trinajstić information content (AvgIpc) is 2.67. The summed E-state index contributed by atoms with van der Waals surface area (Å²) >= 11 is 6.19. The van der Waals surface area contributed by atoms with E-state index in [9.17, 15) is 9.59 Å². The van der Waals surface area contributed by atoms with Crippen molar-refractivity contribution >= 4 is 23.3 Å². The Labute approximate surface area is 164 Å². The minimum atomic E-state index is -0.304. The van der Waals surface area contributed by atoms with Crippen molar-refractivity contribution in [3.63, 3.8) is 0 Å². The highest BCUT2D eigenvalue weighted by atomic mass is 35.5. The van der Waals surface area contributed by atoms with Crippen molar-refractivity contribution in [1.29, 1.82) is 0 Å². The fourth-order valence-corrected chi connectivity index (χ4v) is 4.66. The molecule has 7 heteroatoms. The number of amides is 1. The second kappa shape index (κ2) is 7.51. The summed E-state index contributed by atoms with van der Waals surface area (Å²) in [5.41, 5.74) is 1.63. The molecule has 0 bridgehead atoms. The minimum Gasteiger partial charge on any atom is -0.345 e. The van der Waals surface area contributed by atoms with Gasteiger partial charge in [0.2, 0.25) is 0 Å². The van der Waals surface area contributed by atoms with E-state index in [1.165, 1.54) is 0 Å². The highest BCUT2D eigenvalue weighted by Gasteiger charge is 2.48. The van der Waals surface area contributed by atoms with Gasteiger partial charge in [-0.2, -0.15) is 0 Å². The highest BCUT2D eigenvalue weighted by molar-refractivity contribution is 6.20. The molecule has 3 saturated heterocycles. The number of hydrogen-bond donors (Lipinski definition) is 2. The van der Waals surface area contributed by atoms with Gasteiger partial charge < -0.3 is 9.64 Å². The number of carbonyl (C=O) groups is 2. The van der Waals surface area contributed by atoms with E-state index in [1.807, 2.05) is 24.3 Å². The summed E-state index contributed by atoms with van der Waals surface area (Å²) in [6, 6.07) is 7.78. The van der Waals surface area contributed by atoms with Crippen LogP contribution in [0.5, 0.6) is 0 Å². The molecule has 0 aliphatic carbocycles. The van der Waals surface area contributed by atoms with Crippen molar-refractivity contribution < 1.29 is 14.3 Å². The first-order valence-electron chi connectivity index (χ1n) is 9.61. The molecular formula is C20H26ClN3O3. The summed E-state index contributed by atoms with van der Waals surface area (Å²) in [6.07, 6.45) is 2.67. The highest BCUT2D eigenvalue weighted by Crippen LogP contribution is 2.39. The molecule has 1 aromatic carbocycles. The van der Waals surface area contributed by atoms with Gasteiger partial charge in [0, 0.05) is 25.7 Å². The van der Waals surface area contributed by atoms with Crippen molar-refractivity contribution in [2.45, 2.75) is 49.7 Å². The second-order valence-corrected chi connectivity index (χ2v) is 8.45. The van der Waals surface area contributed by atoms with Gasteiger partial charge in [0.1, 0.15) is 18.2 Å². The van der Waals surface area contributed by atoms with E-state index in [-0.39, 0.29) is 41.7 Å². The van der Waals surface area contributed by atoms with Crippen LogP contribution in [0.3, 0.4) is 0 Å². The third-order valence-electron chi connectivity index (χ3n) is 5.93. The molecule has 1 aromatic rings. The van der Waals surface area contributed by atoms with Crippen molar-refractivity contribution in [3.05, 3.63) is 35.4 Å². The Bertz CT molecular complexity index is 724. The van der Waals surface area contributed by atoms with E-state index >= 15 is 0 Å². The monoisotopic (exact) mass is 391 g/mol. The Hall–Kier alpha value is -1.47. The van der Waals surface area contributed by atoms with Crippen LogP contribution in [0.1, 0.15) is 47.6 Å². The normalized spacial score (nSPS) is 35.9. The number of Topliss-reactive ketones (excluding diaryl/α,β-unsaturated/α-hetero) is 1. The van der Waals surface area contributed by atoms with Gasteiger partial charge in [-0.3, -0.25) is 20.2 Å². The zero-order valence-electron chi connectivity index (χ0n) is 15.7. The van der Waals surface area contributed by atoms with Crippen molar-refractivity contribution in [2.24, 2.45) is 11.8 Å². The van der Waals surface area contributed by atoms with Gasteiger partial charge in [-0.05, 0) is 43.4 Å². The van der Waals surface area contributed by atoms with E-state index in [0.717, 1.165) is 31.2 Å². The number of ether oxygens (including phenoxy) is 1. The number of nitrogens with zero attached hydrogens (tertiary/aromatic N) is 1. The number of nitrogens with one attached hydrogen (secondary N) is 2. The number of rotatable bonds is 2. The lowest BCUT2D eigenvalue weighted by Crippen LogP contribution is -2.62. The predicted octanol–water partition coefficient (Wildman–Crippen LogP) is 2.25. The molecule has 6 nitrogen and oxygen atoms in total. The molecule has 1 amide bonds. The summed E-state index contributed by atoms with van der Waals surface area (Å²) in [7, 11) is 3.49. The summed E-state index contributed by atoms with van der Waals surface area (Å²) in [6.45, 7) is 0. The Kier molecular flexibility index (Phi) is 5.25. The molecule has 3 fully saturated rings. The summed E-state index contributed by atoms with van der Waals surface area (Å²) in [5.74, 6) is 0.108. The van der Waals surface area contributed by atoms with Crippen LogP contribution in [-0.4, -0.2) is 48.6 Å². The van der Waals surface area contributed by atoms with Crippen molar-refractivity contribution in [1.82, 2.24) is 15.5 Å². The summed E-state index contributed by atoms with van der Waals surface area (Å²) in [5, 5.41) is 6.71. The Morgan fingerprint density at radius 1 is 1.04 bits per heavy atom. The molecular weight excluding hydrogens is 366 g/mol. The van der Waals surface area contributed by atoms with Crippen LogP contribution in [0.2, 0.25) is 0 Å². The number of piperidine rings is 2. The molecule has 2 N–H and O–H groups in total. The van der Waals surface area contributed by atoms with Gasteiger partial charge in [0.15, 0.2) is 0 Å².